The maximum absolute atomic E-state index is 11.3. The topological polar surface area (TPSA) is 75.7 Å². The second-order valence-corrected chi connectivity index (χ2v) is 10.0. The Hall–Kier alpha value is -1.46. The van der Waals surface area contributed by atoms with Gasteiger partial charge in [0.1, 0.15) is 12.7 Å². The van der Waals surface area contributed by atoms with Gasteiger partial charge in [0.15, 0.2) is 6.54 Å². The molecule has 0 bridgehead atoms. The van der Waals surface area contributed by atoms with E-state index in [-0.39, 0.29) is 6.54 Å². The fourth-order valence-corrected chi connectivity index (χ4v) is 4.87. The van der Waals surface area contributed by atoms with Gasteiger partial charge >= 0.3 is 5.97 Å². The molecule has 0 saturated heterocycles. The average Bonchev–Trinajstić information content (AvgIpc) is 3.19. The highest BCUT2D eigenvalue weighted by molar-refractivity contribution is 5.81. The molecule has 5 nitrogen and oxygen atoms in total. The number of carbonyl (C=O) groups is 1. The summed E-state index contributed by atoms with van der Waals surface area (Å²) in [4.78, 5) is 15.7. The molecule has 1 unspecified atom stereocenters. The number of aliphatic imine (C=N–C) groups is 1. The zero-order chi connectivity index (χ0) is 24.7. The van der Waals surface area contributed by atoms with Crippen molar-refractivity contribution in [1.29, 1.82) is 0 Å². The summed E-state index contributed by atoms with van der Waals surface area (Å²) in [7, 11) is 0. The zero-order valence-corrected chi connectivity index (χ0v) is 22.2. The van der Waals surface area contributed by atoms with E-state index in [9.17, 15) is 9.90 Å². The fourth-order valence-electron chi connectivity index (χ4n) is 4.87. The second kappa shape index (κ2) is 20.9. The van der Waals surface area contributed by atoms with Gasteiger partial charge in [-0.3, -0.25) is 0 Å². The van der Waals surface area contributed by atoms with Crippen LogP contribution in [-0.2, 0) is 4.79 Å². The Kier molecular flexibility index (Phi) is 18.8. The highest BCUT2D eigenvalue weighted by Gasteiger charge is 2.36. The number of rotatable bonds is 24. The molecule has 0 radical (unpaired) electrons. The van der Waals surface area contributed by atoms with Crippen LogP contribution < -0.4 is 5.73 Å². The van der Waals surface area contributed by atoms with Gasteiger partial charge in [0.05, 0.1) is 6.20 Å². The van der Waals surface area contributed by atoms with Gasteiger partial charge in [-0.1, -0.05) is 103 Å². The minimum Gasteiger partial charge on any atom is -0.477 e. The van der Waals surface area contributed by atoms with Crippen molar-refractivity contribution in [2.75, 3.05) is 19.6 Å². The van der Waals surface area contributed by atoms with Crippen LogP contribution in [0.25, 0.3) is 0 Å². The summed E-state index contributed by atoms with van der Waals surface area (Å²) in [6.07, 6.45) is 33.3. The number of amidine groups is 1. The van der Waals surface area contributed by atoms with E-state index in [1.807, 2.05) is 6.20 Å². The summed E-state index contributed by atoms with van der Waals surface area (Å²) < 4.78 is 0.292. The molecule has 0 fully saturated rings. The minimum absolute atomic E-state index is 0.0334. The van der Waals surface area contributed by atoms with Crippen molar-refractivity contribution in [1.82, 2.24) is 0 Å². The van der Waals surface area contributed by atoms with Gasteiger partial charge in [0, 0.05) is 13.0 Å². The van der Waals surface area contributed by atoms with Crippen LogP contribution in [0.3, 0.4) is 0 Å². The van der Waals surface area contributed by atoms with Crippen LogP contribution in [0.2, 0.25) is 0 Å². The summed E-state index contributed by atoms with van der Waals surface area (Å²) in [6, 6.07) is 0. The van der Waals surface area contributed by atoms with E-state index in [2.05, 4.69) is 24.1 Å². The molecule has 1 atom stereocenters. The normalized spacial score (nSPS) is 17.6. The number of hydrogen-bond acceptors (Lipinski definition) is 3. The molecule has 0 spiro atoms. The first-order chi connectivity index (χ1) is 16.6. The molecule has 0 aromatic carbocycles. The van der Waals surface area contributed by atoms with Gasteiger partial charge in [-0.2, -0.15) is 0 Å². The first-order valence-corrected chi connectivity index (χ1v) is 14.3. The molecule has 196 valence electrons. The van der Waals surface area contributed by atoms with Crippen LogP contribution >= 0.6 is 0 Å². The number of nitrogens with two attached hydrogens (primary N) is 1. The van der Waals surface area contributed by atoms with E-state index < -0.39 is 5.97 Å². The van der Waals surface area contributed by atoms with Gasteiger partial charge in [0.2, 0.25) is 5.84 Å². The molecule has 1 aliphatic rings. The van der Waals surface area contributed by atoms with Crippen LogP contribution in [0.4, 0.5) is 0 Å². The van der Waals surface area contributed by atoms with E-state index in [0.29, 0.717) is 17.6 Å². The van der Waals surface area contributed by atoms with Crippen molar-refractivity contribution in [3.63, 3.8) is 0 Å². The lowest BCUT2D eigenvalue weighted by Gasteiger charge is -2.30. The standard InChI is InChI=1S/C29H53N3O2/c1-2-3-4-5-6-7-8-9-10-11-12-13-14-15-16-17-18-19-20-21-22-28-31-24-26-32(28,25-23-30)27-29(33)34/h17-18,24,26H,2-16,19-23,25,27,30H2,1H3/p+1/b18-17+. The highest BCUT2D eigenvalue weighted by Crippen LogP contribution is 2.21. The monoisotopic (exact) mass is 476 g/mol. The predicted molar refractivity (Wildman–Crippen MR) is 146 cm³/mol. The third kappa shape index (κ3) is 14.7. The summed E-state index contributed by atoms with van der Waals surface area (Å²) >= 11 is 0. The van der Waals surface area contributed by atoms with Crippen molar-refractivity contribution >= 4 is 11.8 Å². The quantitative estimate of drug-likeness (QED) is 0.0850. The molecule has 0 aromatic heterocycles. The van der Waals surface area contributed by atoms with Gasteiger partial charge in [-0.25, -0.2) is 14.3 Å². The van der Waals surface area contributed by atoms with E-state index in [1.54, 1.807) is 6.20 Å². The number of carboxylic acid groups (broad SMARTS) is 1. The Morgan fingerprint density at radius 2 is 1.35 bits per heavy atom. The maximum atomic E-state index is 11.3. The maximum Gasteiger partial charge on any atom is 0.360 e. The van der Waals surface area contributed by atoms with Crippen LogP contribution in [0.5, 0.6) is 0 Å². The van der Waals surface area contributed by atoms with Crippen LogP contribution in [-0.4, -0.2) is 41.0 Å². The Morgan fingerprint density at radius 3 is 1.85 bits per heavy atom. The van der Waals surface area contributed by atoms with Crippen molar-refractivity contribution in [3.8, 4) is 0 Å². The zero-order valence-electron chi connectivity index (χ0n) is 22.2. The number of carboxylic acids is 1. The Morgan fingerprint density at radius 1 is 0.853 bits per heavy atom. The summed E-state index contributed by atoms with van der Waals surface area (Å²) in [5.74, 6) is 0.137. The molecule has 0 aromatic rings. The highest BCUT2D eigenvalue weighted by atomic mass is 16.4. The smallest absolute Gasteiger partial charge is 0.360 e. The number of unbranched alkanes of at least 4 members (excludes halogenated alkanes) is 16. The number of hydrogen-bond donors (Lipinski definition) is 2. The number of quaternary nitrogens is 1. The first-order valence-electron chi connectivity index (χ1n) is 14.3. The third-order valence-electron chi connectivity index (χ3n) is 6.95. The molecule has 0 amide bonds. The number of allylic oxidation sites excluding steroid dienone is 2. The Labute approximate surface area is 210 Å². The largest absolute Gasteiger partial charge is 0.477 e. The van der Waals surface area contributed by atoms with E-state index in [1.165, 1.54) is 96.3 Å². The van der Waals surface area contributed by atoms with Gasteiger partial charge in [0.25, 0.3) is 0 Å². The fraction of sp³-hybridized carbons (Fsp3) is 0.793. The molecule has 3 N–H and O–H groups in total. The molecule has 1 heterocycles. The van der Waals surface area contributed by atoms with E-state index in [4.69, 9.17) is 5.73 Å². The number of aliphatic carboxylic acids is 1. The summed E-state index contributed by atoms with van der Waals surface area (Å²) in [5.41, 5.74) is 5.73. The molecule has 34 heavy (non-hydrogen) atoms. The van der Waals surface area contributed by atoms with Crippen molar-refractivity contribution in [2.45, 2.75) is 129 Å². The lowest BCUT2D eigenvalue weighted by molar-refractivity contribution is -0.778. The Balaban J connectivity index is 1.92. The van der Waals surface area contributed by atoms with E-state index >= 15 is 0 Å². The summed E-state index contributed by atoms with van der Waals surface area (Å²) in [6.45, 7) is 3.37. The summed E-state index contributed by atoms with van der Waals surface area (Å²) in [5, 5.41) is 9.27. The molecule has 0 aliphatic carbocycles. The molecular formula is C29H54N3O2+. The lowest BCUT2D eigenvalue weighted by atomic mass is 10.0. The van der Waals surface area contributed by atoms with Gasteiger partial charge in [-0.05, 0) is 32.1 Å². The van der Waals surface area contributed by atoms with Gasteiger partial charge in [-0.15, -0.1) is 0 Å². The molecule has 1 aliphatic heterocycles. The predicted octanol–water partition coefficient (Wildman–Crippen LogP) is 7.72. The average molecular weight is 477 g/mol. The van der Waals surface area contributed by atoms with Crippen molar-refractivity contribution in [3.05, 3.63) is 24.6 Å². The lowest BCUT2D eigenvalue weighted by Crippen LogP contribution is -2.52. The Bertz CT molecular complexity index is 600. The second-order valence-electron chi connectivity index (χ2n) is 10.0. The van der Waals surface area contributed by atoms with E-state index in [0.717, 1.165) is 31.5 Å². The SMILES string of the molecule is CCCCCCCCCCCCCCCC/C=C/CCCCC1=NC=C[N+]1(CCN)CC(=O)O. The third-order valence-corrected chi connectivity index (χ3v) is 6.95. The van der Waals surface area contributed by atoms with Crippen LogP contribution in [0.15, 0.2) is 29.5 Å². The molecular weight excluding hydrogens is 422 g/mol. The molecule has 5 heteroatoms. The van der Waals surface area contributed by atoms with Gasteiger partial charge < -0.3 is 10.8 Å². The first kappa shape index (κ1) is 30.6. The molecule has 0 saturated carbocycles. The van der Waals surface area contributed by atoms with Crippen LogP contribution in [0.1, 0.15) is 129 Å². The van der Waals surface area contributed by atoms with Crippen molar-refractivity contribution in [2.24, 2.45) is 10.7 Å². The molecule has 1 rings (SSSR count). The van der Waals surface area contributed by atoms with Crippen LogP contribution in [0, 0.1) is 0 Å². The van der Waals surface area contributed by atoms with Crippen molar-refractivity contribution < 1.29 is 14.4 Å². The minimum atomic E-state index is -0.806. The number of nitrogens with zero attached hydrogens (tertiary/aromatic N) is 2.